The summed E-state index contributed by atoms with van der Waals surface area (Å²) in [5.74, 6) is -0.426. The maximum atomic E-state index is 12.7. The van der Waals surface area contributed by atoms with Crippen molar-refractivity contribution in [2.75, 3.05) is 13.1 Å². The minimum atomic E-state index is -0.624. The van der Waals surface area contributed by atoms with Crippen molar-refractivity contribution in [3.05, 3.63) is 71.8 Å². The van der Waals surface area contributed by atoms with Crippen molar-refractivity contribution in [1.82, 2.24) is 21.3 Å². The van der Waals surface area contributed by atoms with Gasteiger partial charge < -0.3 is 30.7 Å². The number of hydrogen-bond acceptors (Lipinski definition) is 6. The first-order valence-corrected chi connectivity index (χ1v) is 19.7. The van der Waals surface area contributed by atoms with Crippen LogP contribution in [0, 0.1) is 11.8 Å². The van der Waals surface area contributed by atoms with Crippen molar-refractivity contribution in [2.24, 2.45) is 11.8 Å². The number of carbonyl (C=O) groups excluding carboxylic acids is 4. The quantitative estimate of drug-likeness (QED) is 0.0683. The monoisotopic (exact) mass is 722 g/mol. The largest absolute Gasteiger partial charge is 0.445 e. The van der Waals surface area contributed by atoms with Crippen LogP contribution in [0.3, 0.4) is 0 Å². The molecule has 0 heterocycles. The van der Waals surface area contributed by atoms with Gasteiger partial charge in [-0.3, -0.25) is 9.59 Å². The molecule has 0 unspecified atom stereocenters. The molecule has 0 aliphatic carbocycles. The van der Waals surface area contributed by atoms with E-state index in [0.717, 1.165) is 36.8 Å². The highest BCUT2D eigenvalue weighted by atomic mass is 16.6. The first kappa shape index (κ1) is 44.1. The summed E-state index contributed by atoms with van der Waals surface area (Å²) in [6.07, 6.45) is 15.3. The molecule has 0 aromatic heterocycles. The predicted octanol–water partition coefficient (Wildman–Crippen LogP) is 8.58. The van der Waals surface area contributed by atoms with Crippen LogP contribution in [0.1, 0.15) is 129 Å². The van der Waals surface area contributed by atoms with Crippen LogP contribution in [0.5, 0.6) is 0 Å². The highest BCUT2D eigenvalue weighted by Crippen LogP contribution is 2.13. The van der Waals surface area contributed by atoms with Crippen molar-refractivity contribution in [3.63, 3.8) is 0 Å². The summed E-state index contributed by atoms with van der Waals surface area (Å²) in [6.45, 7) is 9.21. The topological polar surface area (TPSA) is 135 Å². The van der Waals surface area contributed by atoms with Gasteiger partial charge in [-0.05, 0) is 35.8 Å². The summed E-state index contributed by atoms with van der Waals surface area (Å²) in [7, 11) is 0. The van der Waals surface area contributed by atoms with Gasteiger partial charge in [0, 0.05) is 13.1 Å². The molecule has 0 aliphatic heterocycles. The normalized spacial score (nSPS) is 12.2. The van der Waals surface area contributed by atoms with Crippen LogP contribution < -0.4 is 21.3 Å². The molecule has 0 saturated heterocycles. The Morgan fingerprint density at radius 2 is 0.750 bits per heavy atom. The van der Waals surface area contributed by atoms with E-state index < -0.39 is 24.3 Å². The Bertz CT molecular complexity index is 1160. The van der Waals surface area contributed by atoms with Gasteiger partial charge in [0.25, 0.3) is 0 Å². The Morgan fingerprint density at radius 1 is 0.462 bits per heavy atom. The number of nitrogens with one attached hydrogen (secondary N) is 4. The molecule has 2 rings (SSSR count). The van der Waals surface area contributed by atoms with Gasteiger partial charge in [0.2, 0.25) is 11.8 Å². The van der Waals surface area contributed by atoms with Gasteiger partial charge in [-0.15, -0.1) is 0 Å². The molecule has 0 aliphatic rings. The van der Waals surface area contributed by atoms with E-state index in [1.807, 2.05) is 88.4 Å². The van der Waals surface area contributed by atoms with Crippen LogP contribution >= 0.6 is 0 Å². The van der Waals surface area contributed by atoms with E-state index in [0.29, 0.717) is 13.1 Å². The van der Waals surface area contributed by atoms with E-state index in [4.69, 9.17) is 9.47 Å². The van der Waals surface area contributed by atoms with E-state index in [9.17, 15) is 19.2 Å². The fourth-order valence-electron chi connectivity index (χ4n) is 5.87. The lowest BCUT2D eigenvalue weighted by Gasteiger charge is -2.21. The summed E-state index contributed by atoms with van der Waals surface area (Å²) < 4.78 is 10.6. The average molecular weight is 723 g/mol. The van der Waals surface area contributed by atoms with Gasteiger partial charge in [0.15, 0.2) is 0 Å². The second-order valence-corrected chi connectivity index (χ2v) is 14.4. The van der Waals surface area contributed by atoms with E-state index in [1.165, 1.54) is 64.2 Å². The average Bonchev–Trinajstić information content (AvgIpc) is 3.14. The molecule has 0 spiro atoms. The zero-order valence-corrected chi connectivity index (χ0v) is 32.3. The molecule has 0 bridgehead atoms. The number of unbranched alkanes of at least 4 members (excludes halogenated alkanes) is 13. The zero-order valence-electron chi connectivity index (χ0n) is 32.3. The Balaban J connectivity index is 1.38. The zero-order chi connectivity index (χ0) is 37.8. The maximum absolute atomic E-state index is 12.7. The van der Waals surface area contributed by atoms with Crippen LogP contribution in [0.25, 0.3) is 0 Å². The molecule has 0 radical (unpaired) electrons. The summed E-state index contributed by atoms with van der Waals surface area (Å²) >= 11 is 0. The molecule has 4 N–H and O–H groups in total. The number of hydrogen-bond donors (Lipinski definition) is 4. The fraction of sp³-hybridized carbons (Fsp3) is 0.619. The Hall–Kier alpha value is -4.08. The van der Waals surface area contributed by atoms with Crippen molar-refractivity contribution in [1.29, 1.82) is 0 Å². The van der Waals surface area contributed by atoms with Crippen LogP contribution in [0.15, 0.2) is 60.7 Å². The molecule has 4 amide bonds. The van der Waals surface area contributed by atoms with Gasteiger partial charge in [-0.2, -0.15) is 0 Å². The van der Waals surface area contributed by atoms with Gasteiger partial charge in [0.1, 0.15) is 25.3 Å². The molecule has 52 heavy (non-hydrogen) atoms. The third-order valence-electron chi connectivity index (χ3n) is 9.07. The summed E-state index contributed by atoms with van der Waals surface area (Å²) in [5, 5.41) is 11.4. The minimum absolute atomic E-state index is 0.0468. The molecule has 2 aromatic carbocycles. The number of rotatable bonds is 27. The summed E-state index contributed by atoms with van der Waals surface area (Å²) in [4.78, 5) is 49.8. The van der Waals surface area contributed by atoms with Gasteiger partial charge in [-0.1, -0.05) is 165 Å². The van der Waals surface area contributed by atoms with Gasteiger partial charge >= 0.3 is 12.2 Å². The lowest BCUT2D eigenvalue weighted by molar-refractivity contribution is -0.124. The van der Waals surface area contributed by atoms with E-state index in [1.54, 1.807) is 0 Å². The summed E-state index contributed by atoms with van der Waals surface area (Å²) in [5.41, 5.74) is 1.80. The smallest absolute Gasteiger partial charge is 0.408 e. The number of carbonyl (C=O) groups is 4. The minimum Gasteiger partial charge on any atom is -0.445 e. The maximum Gasteiger partial charge on any atom is 0.408 e. The third kappa shape index (κ3) is 20.7. The molecule has 0 fully saturated rings. The van der Waals surface area contributed by atoms with Gasteiger partial charge in [-0.25, -0.2) is 9.59 Å². The molecule has 0 saturated carbocycles. The number of alkyl carbamates (subject to hydrolysis) is 2. The van der Waals surface area contributed by atoms with Crippen molar-refractivity contribution >= 4 is 24.0 Å². The second kappa shape index (κ2) is 27.6. The Labute approximate surface area is 313 Å². The van der Waals surface area contributed by atoms with E-state index in [-0.39, 0.29) is 36.9 Å². The molecule has 2 aromatic rings. The highest BCUT2D eigenvalue weighted by molar-refractivity contribution is 5.86. The SMILES string of the molecule is CC(C)[C@H](NC(=O)OCc1ccccc1)C(=O)NCCCCCCCCCCCCCCCCNC(=O)[C@@H](NC(=O)OCc1ccccc1)C(C)C. The van der Waals surface area contributed by atoms with Crippen LogP contribution in [0.2, 0.25) is 0 Å². The van der Waals surface area contributed by atoms with Gasteiger partial charge in [0.05, 0.1) is 0 Å². The predicted molar refractivity (Wildman–Crippen MR) is 207 cm³/mol. The molecule has 2 atom stereocenters. The highest BCUT2D eigenvalue weighted by Gasteiger charge is 2.25. The summed E-state index contributed by atoms with van der Waals surface area (Å²) in [6, 6.07) is 17.7. The molecular formula is C42H66N4O6. The first-order valence-electron chi connectivity index (χ1n) is 19.7. The van der Waals surface area contributed by atoms with E-state index in [2.05, 4.69) is 21.3 Å². The Kier molecular flexibility index (Phi) is 23.4. The number of ether oxygens (including phenoxy) is 2. The fourth-order valence-corrected chi connectivity index (χ4v) is 5.87. The number of benzene rings is 2. The van der Waals surface area contributed by atoms with Crippen LogP contribution in [0.4, 0.5) is 9.59 Å². The first-order chi connectivity index (χ1) is 25.2. The Morgan fingerprint density at radius 3 is 1.04 bits per heavy atom. The number of amides is 4. The van der Waals surface area contributed by atoms with Crippen LogP contribution in [-0.4, -0.2) is 49.2 Å². The lowest BCUT2D eigenvalue weighted by atomic mass is 10.0. The van der Waals surface area contributed by atoms with Crippen molar-refractivity contribution in [3.8, 4) is 0 Å². The molecule has 290 valence electrons. The standard InChI is InChI=1S/C42H66N4O6/c1-33(2)37(45-41(49)51-31-35-25-19-17-20-26-35)39(47)43-29-23-15-13-11-9-7-5-6-8-10-12-14-16-24-30-44-40(48)38(34(3)4)46-42(50)52-32-36-27-21-18-22-28-36/h17-22,25-28,33-34,37-38H,5-16,23-24,29-32H2,1-4H3,(H,43,47)(H,44,48)(H,45,49)(H,46,50)/t37-,38-/m0/s1. The third-order valence-corrected chi connectivity index (χ3v) is 9.07. The van der Waals surface area contributed by atoms with Crippen LogP contribution in [-0.2, 0) is 32.3 Å². The van der Waals surface area contributed by atoms with Crippen molar-refractivity contribution < 1.29 is 28.7 Å². The second-order valence-electron chi connectivity index (χ2n) is 14.4. The van der Waals surface area contributed by atoms with Crippen molar-refractivity contribution in [2.45, 2.75) is 143 Å². The lowest BCUT2D eigenvalue weighted by Crippen LogP contribution is -2.50. The molecule has 10 heteroatoms. The molecular weight excluding hydrogens is 656 g/mol. The van der Waals surface area contributed by atoms with E-state index >= 15 is 0 Å². The molecule has 10 nitrogen and oxygen atoms in total.